The maximum atomic E-state index is 15.4. The molecular weight excluding hydrogens is 669 g/mol. The number of aryl methyl sites for hydroxylation is 1. The van der Waals surface area contributed by atoms with Crippen LogP contribution in [0.2, 0.25) is 0 Å². The molecule has 5 heterocycles. The number of nitrogens with zero attached hydrogens (tertiary/aromatic N) is 5. The Morgan fingerprint density at radius 3 is 2.54 bits per heavy atom. The van der Waals surface area contributed by atoms with Crippen molar-refractivity contribution in [3.8, 4) is 11.1 Å². The molecule has 50 heavy (non-hydrogen) atoms. The number of carbonyl (C=O) groups excluding carboxylic acids is 3. The van der Waals surface area contributed by atoms with Crippen LogP contribution in [0.25, 0.3) is 11.1 Å². The first-order valence-corrected chi connectivity index (χ1v) is 17.5. The normalized spacial score (nSPS) is 19.5. The number of ether oxygens (including phenoxy) is 1. The minimum atomic E-state index is -2.88. The SMILES string of the molecule is CC(C)(C)OC(=O)N1CC[C@H](c2ccc(-c3cc4c(c(C(F)F)c3)CN(C(C(=O)Nc3nccs3)c3ncn5c3CCC5)C4=O)cc2)[C@@H](F)C1. The Morgan fingerprint density at radius 2 is 1.86 bits per heavy atom. The van der Waals surface area contributed by atoms with Crippen LogP contribution >= 0.6 is 11.3 Å². The second kappa shape index (κ2) is 13.2. The van der Waals surface area contributed by atoms with Crippen molar-refractivity contribution in [1.82, 2.24) is 24.3 Å². The molecule has 3 amide bonds. The highest BCUT2D eigenvalue weighted by molar-refractivity contribution is 7.13. The van der Waals surface area contributed by atoms with Crippen molar-refractivity contribution < 1.29 is 32.3 Å². The zero-order valence-corrected chi connectivity index (χ0v) is 28.7. The minimum absolute atomic E-state index is 0.0902. The second-order valence-corrected chi connectivity index (χ2v) is 14.8. The van der Waals surface area contributed by atoms with Gasteiger partial charge in [-0.15, -0.1) is 11.3 Å². The van der Waals surface area contributed by atoms with Crippen molar-refractivity contribution in [2.45, 2.75) is 83.3 Å². The molecule has 7 rings (SSSR count). The average Bonchev–Trinajstić information content (AvgIpc) is 3.88. The monoisotopic (exact) mass is 706 g/mol. The number of fused-ring (bicyclic) bond motifs is 2. The summed E-state index contributed by atoms with van der Waals surface area (Å²) in [5.74, 6) is -1.52. The number of halogens is 3. The van der Waals surface area contributed by atoms with Crippen molar-refractivity contribution in [3.63, 3.8) is 0 Å². The molecule has 10 nitrogen and oxygen atoms in total. The molecule has 262 valence electrons. The highest BCUT2D eigenvalue weighted by Gasteiger charge is 2.43. The molecule has 2 aromatic carbocycles. The van der Waals surface area contributed by atoms with E-state index in [2.05, 4.69) is 15.3 Å². The van der Waals surface area contributed by atoms with E-state index < -0.39 is 48.1 Å². The van der Waals surface area contributed by atoms with Crippen LogP contribution in [0.1, 0.15) is 90.4 Å². The Balaban J connectivity index is 1.15. The number of carbonyl (C=O) groups is 3. The highest BCUT2D eigenvalue weighted by Crippen LogP contribution is 2.41. The fourth-order valence-electron chi connectivity index (χ4n) is 7.13. The van der Waals surface area contributed by atoms with Crippen LogP contribution in [0.4, 0.5) is 23.1 Å². The number of rotatable bonds is 7. The summed E-state index contributed by atoms with van der Waals surface area (Å²) in [5.41, 5.74) is 2.28. The number of alkyl halides is 3. The molecule has 0 spiro atoms. The van der Waals surface area contributed by atoms with Crippen LogP contribution in [0.15, 0.2) is 54.3 Å². The lowest BCUT2D eigenvalue weighted by Gasteiger charge is -2.35. The van der Waals surface area contributed by atoms with Crippen LogP contribution in [-0.2, 0) is 29.0 Å². The van der Waals surface area contributed by atoms with Gasteiger partial charge in [-0.3, -0.25) is 14.9 Å². The number of amides is 3. The molecule has 0 aliphatic carbocycles. The van der Waals surface area contributed by atoms with E-state index in [1.807, 2.05) is 4.57 Å². The van der Waals surface area contributed by atoms with Gasteiger partial charge in [-0.25, -0.2) is 27.9 Å². The summed E-state index contributed by atoms with van der Waals surface area (Å²) in [4.78, 5) is 51.8. The summed E-state index contributed by atoms with van der Waals surface area (Å²) in [6, 6.07) is 8.80. The van der Waals surface area contributed by atoms with Gasteiger partial charge in [0.25, 0.3) is 18.2 Å². The summed E-state index contributed by atoms with van der Waals surface area (Å²) in [5, 5.41) is 4.84. The fraction of sp³-hybridized carbons (Fsp3) is 0.417. The van der Waals surface area contributed by atoms with Crippen molar-refractivity contribution in [1.29, 1.82) is 0 Å². The van der Waals surface area contributed by atoms with E-state index in [1.165, 1.54) is 27.2 Å². The predicted molar refractivity (Wildman–Crippen MR) is 181 cm³/mol. The third-order valence-corrected chi connectivity index (χ3v) is 10.2. The molecule has 1 saturated heterocycles. The van der Waals surface area contributed by atoms with E-state index in [-0.39, 0.29) is 29.8 Å². The van der Waals surface area contributed by atoms with E-state index in [0.29, 0.717) is 41.3 Å². The van der Waals surface area contributed by atoms with Gasteiger partial charge < -0.3 is 19.1 Å². The van der Waals surface area contributed by atoms with Crippen LogP contribution in [0.3, 0.4) is 0 Å². The lowest BCUT2D eigenvalue weighted by Crippen LogP contribution is -2.46. The summed E-state index contributed by atoms with van der Waals surface area (Å²) in [6.07, 6.45) is 0.412. The first-order chi connectivity index (χ1) is 23.9. The lowest BCUT2D eigenvalue weighted by molar-refractivity contribution is -0.121. The topological polar surface area (TPSA) is 110 Å². The van der Waals surface area contributed by atoms with Crippen LogP contribution in [0, 0.1) is 0 Å². The average molecular weight is 707 g/mol. The Bertz CT molecular complexity index is 1920. The van der Waals surface area contributed by atoms with Gasteiger partial charge in [0, 0.05) is 53.9 Å². The van der Waals surface area contributed by atoms with Gasteiger partial charge >= 0.3 is 6.09 Å². The van der Waals surface area contributed by atoms with Gasteiger partial charge in [-0.2, -0.15) is 0 Å². The largest absolute Gasteiger partial charge is 0.444 e. The van der Waals surface area contributed by atoms with Crippen LogP contribution < -0.4 is 5.32 Å². The highest BCUT2D eigenvalue weighted by atomic mass is 32.1. The van der Waals surface area contributed by atoms with E-state index in [0.717, 1.165) is 24.2 Å². The predicted octanol–water partition coefficient (Wildman–Crippen LogP) is 7.29. The summed E-state index contributed by atoms with van der Waals surface area (Å²) in [7, 11) is 0. The maximum Gasteiger partial charge on any atom is 0.410 e. The third kappa shape index (κ3) is 6.48. The fourth-order valence-corrected chi connectivity index (χ4v) is 7.66. The van der Waals surface area contributed by atoms with Crippen molar-refractivity contribution in [3.05, 3.63) is 87.9 Å². The molecule has 3 aliphatic rings. The van der Waals surface area contributed by atoms with Crippen LogP contribution in [0.5, 0.6) is 0 Å². The number of nitrogens with one attached hydrogen (secondary N) is 1. The number of piperidine rings is 1. The number of imidazole rings is 1. The molecule has 3 atom stereocenters. The molecule has 3 aliphatic heterocycles. The molecule has 0 bridgehead atoms. The van der Waals surface area contributed by atoms with E-state index in [4.69, 9.17) is 4.74 Å². The Hall–Kier alpha value is -4.72. The first kappa shape index (κ1) is 33.8. The molecular formula is C36H37F3N6O4S. The smallest absolute Gasteiger partial charge is 0.410 e. The first-order valence-electron chi connectivity index (χ1n) is 16.6. The zero-order valence-electron chi connectivity index (χ0n) is 27.9. The molecule has 14 heteroatoms. The number of aromatic nitrogens is 3. The molecule has 0 saturated carbocycles. The number of hydrogen-bond acceptors (Lipinski definition) is 7. The van der Waals surface area contributed by atoms with Crippen molar-refractivity contribution in [2.24, 2.45) is 0 Å². The molecule has 1 unspecified atom stereocenters. The Morgan fingerprint density at radius 1 is 1.08 bits per heavy atom. The number of anilines is 1. The third-order valence-electron chi connectivity index (χ3n) is 9.48. The minimum Gasteiger partial charge on any atom is -0.444 e. The quantitative estimate of drug-likeness (QED) is 0.216. The summed E-state index contributed by atoms with van der Waals surface area (Å²) >= 11 is 1.23. The van der Waals surface area contributed by atoms with E-state index in [1.54, 1.807) is 69.0 Å². The number of benzene rings is 2. The molecule has 0 radical (unpaired) electrons. The van der Waals surface area contributed by atoms with Crippen LogP contribution in [-0.4, -0.2) is 67.1 Å². The summed E-state index contributed by atoms with van der Waals surface area (Å²) in [6.45, 7) is 6.09. The molecule has 1 N–H and O–H groups in total. The van der Waals surface area contributed by atoms with Gasteiger partial charge in [0.1, 0.15) is 11.8 Å². The van der Waals surface area contributed by atoms with Crippen molar-refractivity contribution in [2.75, 3.05) is 18.4 Å². The zero-order chi connectivity index (χ0) is 35.3. The van der Waals surface area contributed by atoms with Crippen molar-refractivity contribution >= 4 is 34.4 Å². The standard InChI is InChI=1S/C36H37F3N6O4S/c1-36(2,3)49-35(48)43-13-10-23(27(37)18-43)21-8-6-20(7-9-21)22-15-24(31(38)39)26-17-45(33(47)25(26)16-22)30(32(46)42-34-40-11-14-50-34)29-28-5-4-12-44(28)19-41-29/h6-9,11,14-16,19,23,27,30-31H,4-5,10,12-13,17-18H2,1-3H3,(H,40,42,46)/t23-,27+,30?/m1/s1. The summed E-state index contributed by atoms with van der Waals surface area (Å²) < 4.78 is 52.0. The molecule has 2 aromatic heterocycles. The molecule has 4 aromatic rings. The van der Waals surface area contributed by atoms with Gasteiger partial charge in [0.15, 0.2) is 11.2 Å². The number of thiazole rings is 1. The number of likely N-dealkylation sites (tertiary alicyclic amines) is 1. The van der Waals surface area contributed by atoms with E-state index >= 15 is 4.39 Å². The second-order valence-electron chi connectivity index (χ2n) is 13.9. The van der Waals surface area contributed by atoms with Gasteiger partial charge in [0.05, 0.1) is 18.6 Å². The Kier molecular flexibility index (Phi) is 8.91. The lowest BCUT2D eigenvalue weighted by atomic mass is 9.87. The molecule has 1 fully saturated rings. The maximum absolute atomic E-state index is 15.4. The van der Waals surface area contributed by atoms with Gasteiger partial charge in [0.2, 0.25) is 0 Å². The number of hydrogen-bond donors (Lipinski definition) is 1. The van der Waals surface area contributed by atoms with E-state index in [9.17, 15) is 23.2 Å². The Labute approximate surface area is 291 Å². The van der Waals surface area contributed by atoms with Gasteiger partial charge in [-0.1, -0.05) is 24.3 Å². The van der Waals surface area contributed by atoms with Gasteiger partial charge in [-0.05, 0) is 74.4 Å².